The lowest BCUT2D eigenvalue weighted by Gasteiger charge is -2.26. The Labute approximate surface area is 114 Å². The van der Waals surface area contributed by atoms with Gasteiger partial charge in [0.05, 0.1) is 6.54 Å². The minimum atomic E-state index is 0. The minimum absolute atomic E-state index is 0. The Balaban J connectivity index is 0.00000162. The highest BCUT2D eigenvalue weighted by Crippen LogP contribution is 2.18. The van der Waals surface area contributed by atoms with Crippen molar-refractivity contribution >= 4 is 24.2 Å². The summed E-state index contributed by atoms with van der Waals surface area (Å²) < 4.78 is 0. The highest BCUT2D eigenvalue weighted by molar-refractivity contribution is 5.86. The molecule has 0 radical (unpaired) electrons. The van der Waals surface area contributed by atoms with Crippen LogP contribution in [0, 0.1) is 0 Å². The summed E-state index contributed by atoms with van der Waals surface area (Å²) in [5.74, 6) is 0.237. The monoisotopic (exact) mass is 275 g/mol. The van der Waals surface area contributed by atoms with Gasteiger partial charge in [0, 0.05) is 32.1 Å². The van der Waals surface area contributed by atoms with E-state index in [-0.39, 0.29) is 30.8 Å². The van der Waals surface area contributed by atoms with Crippen molar-refractivity contribution in [2.24, 2.45) is 0 Å². The molecule has 0 aliphatic carbocycles. The second-order valence-corrected chi connectivity index (χ2v) is 4.86. The van der Waals surface area contributed by atoms with Gasteiger partial charge < -0.3 is 15.1 Å². The number of amides is 2. The number of carbonyl (C=O) groups is 2. The van der Waals surface area contributed by atoms with Crippen LogP contribution >= 0.6 is 12.4 Å². The van der Waals surface area contributed by atoms with Crippen LogP contribution in [-0.2, 0) is 9.59 Å². The number of nitrogens with one attached hydrogen (secondary N) is 1. The van der Waals surface area contributed by atoms with E-state index in [1.807, 2.05) is 11.9 Å². The Bertz CT molecular complexity index is 312. The van der Waals surface area contributed by atoms with Crippen LogP contribution < -0.4 is 5.32 Å². The van der Waals surface area contributed by atoms with Crippen molar-refractivity contribution in [1.82, 2.24) is 15.1 Å². The third-order valence-corrected chi connectivity index (χ3v) is 3.63. The Morgan fingerprint density at radius 1 is 1.39 bits per heavy atom. The zero-order valence-electron chi connectivity index (χ0n) is 10.9. The van der Waals surface area contributed by atoms with Crippen LogP contribution in [0.15, 0.2) is 0 Å². The maximum Gasteiger partial charge on any atom is 0.242 e. The number of halogens is 1. The quantitative estimate of drug-likeness (QED) is 0.800. The molecule has 0 aromatic rings. The molecule has 104 valence electrons. The van der Waals surface area contributed by atoms with E-state index in [4.69, 9.17) is 0 Å². The fraction of sp³-hybridized carbons (Fsp3) is 0.833. The van der Waals surface area contributed by atoms with Crippen molar-refractivity contribution < 1.29 is 9.59 Å². The molecule has 2 rings (SSSR count). The third kappa shape index (κ3) is 3.36. The molecule has 18 heavy (non-hydrogen) atoms. The molecule has 0 aromatic heterocycles. The van der Waals surface area contributed by atoms with E-state index in [0.717, 1.165) is 38.9 Å². The van der Waals surface area contributed by atoms with Crippen molar-refractivity contribution in [3.05, 3.63) is 0 Å². The summed E-state index contributed by atoms with van der Waals surface area (Å²) in [5.41, 5.74) is 0. The first-order chi connectivity index (χ1) is 8.22. The molecule has 2 aliphatic rings. The number of likely N-dealkylation sites (N-methyl/N-ethyl adjacent to an activating group) is 1. The third-order valence-electron chi connectivity index (χ3n) is 3.63. The second kappa shape index (κ2) is 6.95. The van der Waals surface area contributed by atoms with Crippen LogP contribution in [0.25, 0.3) is 0 Å². The van der Waals surface area contributed by atoms with Crippen molar-refractivity contribution in [2.75, 3.05) is 33.2 Å². The van der Waals surface area contributed by atoms with Crippen molar-refractivity contribution in [3.63, 3.8) is 0 Å². The standard InChI is InChI=1S/C12H21N3O2.ClH/c1-13-8-10-4-2-7-15(10)12(17)9-14-6-3-5-11(14)16;/h10,13H,2-9H2,1H3;1H. The zero-order valence-corrected chi connectivity index (χ0v) is 11.7. The number of hydrogen-bond donors (Lipinski definition) is 1. The summed E-state index contributed by atoms with van der Waals surface area (Å²) in [5, 5.41) is 3.12. The van der Waals surface area contributed by atoms with E-state index in [9.17, 15) is 9.59 Å². The summed E-state index contributed by atoms with van der Waals surface area (Å²) in [7, 11) is 1.91. The zero-order chi connectivity index (χ0) is 12.3. The van der Waals surface area contributed by atoms with Crippen molar-refractivity contribution in [3.8, 4) is 0 Å². The number of rotatable bonds is 4. The van der Waals surface area contributed by atoms with Gasteiger partial charge in [-0.25, -0.2) is 0 Å². The van der Waals surface area contributed by atoms with Gasteiger partial charge in [-0.15, -0.1) is 12.4 Å². The summed E-state index contributed by atoms with van der Waals surface area (Å²) in [6.07, 6.45) is 3.64. The van der Waals surface area contributed by atoms with Crippen molar-refractivity contribution in [2.45, 2.75) is 31.7 Å². The normalized spacial score (nSPS) is 23.4. The van der Waals surface area contributed by atoms with Crippen molar-refractivity contribution in [1.29, 1.82) is 0 Å². The van der Waals surface area contributed by atoms with E-state index >= 15 is 0 Å². The van der Waals surface area contributed by atoms with Crippen LogP contribution in [0.1, 0.15) is 25.7 Å². The molecule has 2 fully saturated rings. The topological polar surface area (TPSA) is 52.7 Å². The smallest absolute Gasteiger partial charge is 0.242 e. The summed E-state index contributed by atoms with van der Waals surface area (Å²) in [6, 6.07) is 0.310. The molecule has 1 atom stereocenters. The van der Waals surface area contributed by atoms with Gasteiger partial charge in [0.15, 0.2) is 0 Å². The van der Waals surface area contributed by atoms with Gasteiger partial charge in [-0.05, 0) is 26.3 Å². The maximum absolute atomic E-state index is 12.1. The first-order valence-corrected chi connectivity index (χ1v) is 6.44. The lowest BCUT2D eigenvalue weighted by Crippen LogP contribution is -2.45. The molecule has 6 heteroatoms. The number of likely N-dealkylation sites (tertiary alicyclic amines) is 2. The molecular weight excluding hydrogens is 254 g/mol. The summed E-state index contributed by atoms with van der Waals surface area (Å²) in [6.45, 7) is 2.71. The molecule has 2 saturated heterocycles. The first kappa shape index (κ1) is 15.2. The average molecular weight is 276 g/mol. The first-order valence-electron chi connectivity index (χ1n) is 6.44. The minimum Gasteiger partial charge on any atom is -0.337 e. The van der Waals surface area contributed by atoms with Crippen LogP contribution in [0.3, 0.4) is 0 Å². The SMILES string of the molecule is CNCC1CCCN1C(=O)CN1CCCC1=O.Cl. The van der Waals surface area contributed by atoms with Crippen LogP contribution in [0.2, 0.25) is 0 Å². The number of nitrogens with zero attached hydrogens (tertiary/aromatic N) is 2. The summed E-state index contributed by atoms with van der Waals surface area (Å²) >= 11 is 0. The average Bonchev–Trinajstić information content (AvgIpc) is 2.89. The Hall–Kier alpha value is -0.810. The molecule has 2 heterocycles. The van der Waals surface area contributed by atoms with E-state index in [1.165, 1.54) is 0 Å². The lowest BCUT2D eigenvalue weighted by atomic mass is 10.2. The van der Waals surface area contributed by atoms with Gasteiger partial charge in [0.1, 0.15) is 0 Å². The second-order valence-electron chi connectivity index (χ2n) is 4.86. The van der Waals surface area contributed by atoms with Gasteiger partial charge in [-0.2, -0.15) is 0 Å². The van der Waals surface area contributed by atoms with E-state index in [1.54, 1.807) is 4.90 Å². The molecule has 0 bridgehead atoms. The van der Waals surface area contributed by atoms with E-state index in [2.05, 4.69) is 5.32 Å². The van der Waals surface area contributed by atoms with Gasteiger partial charge in [-0.3, -0.25) is 9.59 Å². The fourth-order valence-electron chi connectivity index (χ4n) is 2.74. The largest absolute Gasteiger partial charge is 0.337 e. The number of carbonyl (C=O) groups excluding carboxylic acids is 2. The van der Waals surface area contributed by atoms with Gasteiger partial charge in [0.2, 0.25) is 11.8 Å². The fourth-order valence-corrected chi connectivity index (χ4v) is 2.74. The van der Waals surface area contributed by atoms with Crippen LogP contribution in [0.4, 0.5) is 0 Å². The molecular formula is C12H22ClN3O2. The Morgan fingerprint density at radius 3 is 2.78 bits per heavy atom. The van der Waals surface area contributed by atoms with Gasteiger partial charge in [0.25, 0.3) is 0 Å². The predicted molar refractivity (Wildman–Crippen MR) is 71.7 cm³/mol. The Kier molecular flexibility index (Phi) is 5.88. The molecule has 1 unspecified atom stereocenters. The van der Waals surface area contributed by atoms with Gasteiger partial charge in [-0.1, -0.05) is 0 Å². The van der Waals surface area contributed by atoms with Crippen LogP contribution in [-0.4, -0.2) is 60.9 Å². The van der Waals surface area contributed by atoms with Gasteiger partial charge >= 0.3 is 0 Å². The molecule has 0 aromatic carbocycles. The number of hydrogen-bond acceptors (Lipinski definition) is 3. The molecule has 0 spiro atoms. The highest BCUT2D eigenvalue weighted by atomic mass is 35.5. The lowest BCUT2D eigenvalue weighted by molar-refractivity contribution is -0.138. The maximum atomic E-state index is 12.1. The Morgan fingerprint density at radius 2 is 2.17 bits per heavy atom. The predicted octanol–water partition coefficient (Wildman–Crippen LogP) is 0.241. The van der Waals surface area contributed by atoms with Crippen LogP contribution in [0.5, 0.6) is 0 Å². The molecule has 2 amide bonds. The van der Waals surface area contributed by atoms with E-state index < -0.39 is 0 Å². The molecule has 2 aliphatic heterocycles. The molecule has 5 nitrogen and oxygen atoms in total. The van der Waals surface area contributed by atoms with E-state index in [0.29, 0.717) is 12.5 Å². The highest BCUT2D eigenvalue weighted by Gasteiger charge is 2.31. The molecule has 1 N–H and O–H groups in total. The molecule has 0 saturated carbocycles. The summed E-state index contributed by atoms with van der Waals surface area (Å²) in [4.78, 5) is 27.2.